The molecular formula is C19H26N2O3. The molecule has 1 fully saturated rings. The molecule has 1 saturated heterocycles. The average molecular weight is 330 g/mol. The molecule has 0 radical (unpaired) electrons. The predicted octanol–water partition coefficient (Wildman–Crippen LogP) is 2.54. The van der Waals surface area contributed by atoms with Gasteiger partial charge in [0.15, 0.2) is 0 Å². The van der Waals surface area contributed by atoms with E-state index < -0.39 is 5.97 Å². The molecule has 2 heterocycles. The molecule has 130 valence electrons. The van der Waals surface area contributed by atoms with E-state index >= 15 is 0 Å². The van der Waals surface area contributed by atoms with E-state index in [1.165, 1.54) is 5.56 Å². The van der Waals surface area contributed by atoms with E-state index in [1.54, 1.807) is 0 Å². The fourth-order valence-electron chi connectivity index (χ4n) is 4.07. The Morgan fingerprint density at radius 3 is 2.88 bits per heavy atom. The Morgan fingerprint density at radius 2 is 2.08 bits per heavy atom. The normalized spacial score (nSPS) is 24.0. The maximum Gasteiger partial charge on any atom is 0.303 e. The molecule has 1 aromatic carbocycles. The summed E-state index contributed by atoms with van der Waals surface area (Å²) in [6.07, 6.45) is 3.97. The van der Waals surface area contributed by atoms with Gasteiger partial charge in [-0.05, 0) is 56.7 Å². The summed E-state index contributed by atoms with van der Waals surface area (Å²) in [4.78, 5) is 27.7. The minimum Gasteiger partial charge on any atom is -0.481 e. The molecule has 2 aliphatic heterocycles. The minimum atomic E-state index is -0.731. The van der Waals surface area contributed by atoms with E-state index in [2.05, 4.69) is 17.9 Å². The molecule has 2 atom stereocenters. The highest BCUT2D eigenvalue weighted by atomic mass is 16.4. The Morgan fingerprint density at radius 1 is 1.29 bits per heavy atom. The van der Waals surface area contributed by atoms with Crippen LogP contribution < -0.4 is 4.90 Å². The fraction of sp³-hybridized carbons (Fsp3) is 0.579. The lowest BCUT2D eigenvalue weighted by atomic mass is 9.93. The smallest absolute Gasteiger partial charge is 0.303 e. The molecule has 2 aliphatic rings. The largest absolute Gasteiger partial charge is 0.481 e. The Kier molecular flexibility index (Phi) is 5.19. The van der Waals surface area contributed by atoms with Crippen LogP contribution in [0.3, 0.4) is 0 Å². The van der Waals surface area contributed by atoms with Crippen LogP contribution >= 0.6 is 0 Å². The molecule has 1 aromatic rings. The minimum absolute atomic E-state index is 0.159. The van der Waals surface area contributed by atoms with Gasteiger partial charge in [-0.3, -0.25) is 14.5 Å². The van der Waals surface area contributed by atoms with Crippen LogP contribution in [0.4, 0.5) is 5.69 Å². The van der Waals surface area contributed by atoms with Gasteiger partial charge in [-0.2, -0.15) is 0 Å². The zero-order valence-electron chi connectivity index (χ0n) is 14.3. The van der Waals surface area contributed by atoms with Crippen molar-refractivity contribution in [2.75, 3.05) is 24.5 Å². The van der Waals surface area contributed by atoms with Crippen LogP contribution in [-0.2, 0) is 16.0 Å². The molecule has 5 nitrogen and oxygen atoms in total. The Balaban J connectivity index is 1.59. The van der Waals surface area contributed by atoms with Crippen LogP contribution in [-0.4, -0.2) is 47.6 Å². The van der Waals surface area contributed by atoms with Gasteiger partial charge >= 0.3 is 5.97 Å². The van der Waals surface area contributed by atoms with Gasteiger partial charge in [-0.25, -0.2) is 0 Å². The maximum atomic E-state index is 12.8. The Bertz CT molecular complexity index is 616. The lowest BCUT2D eigenvalue weighted by Gasteiger charge is -2.34. The van der Waals surface area contributed by atoms with Gasteiger partial charge in [0.2, 0.25) is 5.91 Å². The van der Waals surface area contributed by atoms with Gasteiger partial charge in [0.1, 0.15) is 0 Å². The van der Waals surface area contributed by atoms with Crippen molar-refractivity contribution in [1.29, 1.82) is 0 Å². The van der Waals surface area contributed by atoms with Crippen molar-refractivity contribution in [2.45, 2.75) is 45.1 Å². The molecule has 2 unspecified atom stereocenters. The molecule has 0 aromatic heterocycles. The topological polar surface area (TPSA) is 60.9 Å². The number of aliphatic carboxylic acids is 1. The van der Waals surface area contributed by atoms with Gasteiger partial charge in [0, 0.05) is 24.7 Å². The number of anilines is 1. The molecule has 1 amide bonds. The second-order valence-corrected chi connectivity index (χ2v) is 7.12. The third-order valence-electron chi connectivity index (χ3n) is 5.20. The molecule has 5 heteroatoms. The highest BCUT2D eigenvalue weighted by molar-refractivity contribution is 5.97. The number of carboxylic acids is 1. The van der Waals surface area contributed by atoms with E-state index in [4.69, 9.17) is 5.11 Å². The number of rotatable bonds is 5. The highest BCUT2D eigenvalue weighted by Crippen LogP contribution is 2.32. The Labute approximate surface area is 143 Å². The molecule has 0 spiro atoms. The number of hydrogen-bond acceptors (Lipinski definition) is 3. The second-order valence-electron chi connectivity index (χ2n) is 7.12. The van der Waals surface area contributed by atoms with E-state index in [-0.39, 0.29) is 18.4 Å². The number of fused-ring (bicyclic) bond motifs is 1. The van der Waals surface area contributed by atoms with Crippen LogP contribution in [0.1, 0.15) is 38.2 Å². The quantitative estimate of drug-likeness (QED) is 0.901. The van der Waals surface area contributed by atoms with Crippen LogP contribution in [0.5, 0.6) is 0 Å². The van der Waals surface area contributed by atoms with Gasteiger partial charge in [0.05, 0.1) is 6.54 Å². The number of benzene rings is 1. The monoisotopic (exact) mass is 330 g/mol. The van der Waals surface area contributed by atoms with Gasteiger partial charge in [-0.15, -0.1) is 0 Å². The van der Waals surface area contributed by atoms with Crippen LogP contribution in [0.2, 0.25) is 0 Å². The predicted molar refractivity (Wildman–Crippen MR) is 93.1 cm³/mol. The second kappa shape index (κ2) is 7.34. The van der Waals surface area contributed by atoms with Gasteiger partial charge in [-0.1, -0.05) is 18.2 Å². The highest BCUT2D eigenvalue weighted by Gasteiger charge is 2.32. The summed E-state index contributed by atoms with van der Waals surface area (Å²) >= 11 is 0. The number of carbonyl (C=O) groups excluding carboxylic acids is 1. The summed E-state index contributed by atoms with van der Waals surface area (Å²) in [5.74, 6) is -0.178. The van der Waals surface area contributed by atoms with Crippen molar-refractivity contribution in [2.24, 2.45) is 5.92 Å². The number of hydrogen-bond donors (Lipinski definition) is 1. The molecule has 0 saturated carbocycles. The molecule has 0 bridgehead atoms. The SMILES string of the molecule is CC1Cc2ccccc2N1C(=O)CN1CCCC(CCC(=O)O)C1. The number of para-hydroxylation sites is 1. The summed E-state index contributed by atoms with van der Waals surface area (Å²) in [5.41, 5.74) is 2.30. The molecule has 24 heavy (non-hydrogen) atoms. The van der Waals surface area contributed by atoms with Crippen molar-refractivity contribution >= 4 is 17.6 Å². The summed E-state index contributed by atoms with van der Waals surface area (Å²) in [6, 6.07) is 8.35. The first-order chi connectivity index (χ1) is 11.5. The van der Waals surface area contributed by atoms with Crippen LogP contribution in [0.25, 0.3) is 0 Å². The molecule has 1 N–H and O–H groups in total. The van der Waals surface area contributed by atoms with Crippen molar-refractivity contribution in [3.05, 3.63) is 29.8 Å². The van der Waals surface area contributed by atoms with E-state index in [1.807, 2.05) is 23.1 Å². The van der Waals surface area contributed by atoms with Crippen molar-refractivity contribution in [1.82, 2.24) is 4.90 Å². The molecule has 0 aliphatic carbocycles. The lowest BCUT2D eigenvalue weighted by Crippen LogP contribution is -2.46. The molecular weight excluding hydrogens is 304 g/mol. The van der Waals surface area contributed by atoms with Gasteiger partial charge < -0.3 is 10.0 Å². The summed E-state index contributed by atoms with van der Waals surface area (Å²) in [5, 5.41) is 8.85. The standard InChI is InChI=1S/C19H26N2O3/c1-14-11-16-6-2-3-7-17(16)21(14)18(22)13-20-10-4-5-15(12-20)8-9-19(23)24/h2-3,6-7,14-15H,4-5,8-13H2,1H3,(H,23,24). The number of likely N-dealkylation sites (tertiary alicyclic amines) is 1. The maximum absolute atomic E-state index is 12.8. The van der Waals surface area contributed by atoms with E-state index in [0.29, 0.717) is 18.9 Å². The first kappa shape index (κ1) is 17.0. The van der Waals surface area contributed by atoms with Crippen molar-refractivity contribution in [3.8, 4) is 0 Å². The van der Waals surface area contributed by atoms with Gasteiger partial charge in [0.25, 0.3) is 0 Å². The first-order valence-corrected chi connectivity index (χ1v) is 8.88. The van der Waals surface area contributed by atoms with E-state index in [9.17, 15) is 9.59 Å². The van der Waals surface area contributed by atoms with Crippen molar-refractivity contribution in [3.63, 3.8) is 0 Å². The zero-order chi connectivity index (χ0) is 17.1. The average Bonchev–Trinajstić information content (AvgIpc) is 2.89. The number of carbonyl (C=O) groups is 2. The first-order valence-electron chi connectivity index (χ1n) is 8.88. The van der Waals surface area contributed by atoms with Crippen LogP contribution in [0, 0.1) is 5.92 Å². The number of amides is 1. The summed E-state index contributed by atoms with van der Waals surface area (Å²) in [7, 11) is 0. The number of carboxylic acid groups (broad SMARTS) is 1. The molecule has 3 rings (SSSR count). The summed E-state index contributed by atoms with van der Waals surface area (Å²) < 4.78 is 0. The summed E-state index contributed by atoms with van der Waals surface area (Å²) in [6.45, 7) is 4.30. The lowest BCUT2D eigenvalue weighted by molar-refractivity contribution is -0.137. The third-order valence-corrected chi connectivity index (χ3v) is 5.20. The fourth-order valence-corrected chi connectivity index (χ4v) is 4.07. The number of nitrogens with zero attached hydrogens (tertiary/aromatic N) is 2. The van der Waals surface area contributed by atoms with Crippen LogP contribution in [0.15, 0.2) is 24.3 Å². The third kappa shape index (κ3) is 3.78. The Hall–Kier alpha value is -1.88. The van der Waals surface area contributed by atoms with Crippen molar-refractivity contribution < 1.29 is 14.7 Å². The zero-order valence-corrected chi connectivity index (χ0v) is 14.3. The number of piperidine rings is 1. The van der Waals surface area contributed by atoms with E-state index in [0.717, 1.165) is 38.0 Å².